The van der Waals surface area contributed by atoms with Crippen molar-refractivity contribution in [2.75, 3.05) is 6.67 Å². The van der Waals surface area contributed by atoms with Gasteiger partial charge in [-0.15, -0.1) is 0 Å². The van der Waals surface area contributed by atoms with Gasteiger partial charge < -0.3 is 0 Å². The van der Waals surface area contributed by atoms with Crippen molar-refractivity contribution in [3.8, 4) is 0 Å². The Morgan fingerprint density at radius 1 is 1.50 bits per heavy atom. The van der Waals surface area contributed by atoms with Crippen LogP contribution >= 0.6 is 11.6 Å². The average molecular weight is 190 g/mol. The molecule has 0 aromatic heterocycles. The predicted molar refractivity (Wildman–Crippen MR) is 45.5 cm³/mol. The van der Waals surface area contributed by atoms with Gasteiger partial charge in [0.1, 0.15) is 5.82 Å². The Labute approximate surface area is 75.2 Å². The third-order valence-corrected chi connectivity index (χ3v) is 1.93. The summed E-state index contributed by atoms with van der Waals surface area (Å²) in [5, 5.41) is 0.356. The summed E-state index contributed by atoms with van der Waals surface area (Å²) >= 11 is 5.70. The van der Waals surface area contributed by atoms with Gasteiger partial charge in [0.15, 0.2) is 0 Å². The van der Waals surface area contributed by atoms with Crippen molar-refractivity contribution >= 4 is 11.6 Å². The minimum absolute atomic E-state index is 0.356. The van der Waals surface area contributed by atoms with Gasteiger partial charge >= 0.3 is 0 Å². The summed E-state index contributed by atoms with van der Waals surface area (Å²) in [6.07, 6.45) is 0. The van der Waals surface area contributed by atoms with Crippen LogP contribution in [0.3, 0.4) is 0 Å². The molecule has 65 valence electrons. The molecule has 0 spiro atoms. The van der Waals surface area contributed by atoms with Crippen LogP contribution in [0.25, 0.3) is 0 Å². The summed E-state index contributed by atoms with van der Waals surface area (Å²) in [7, 11) is 0. The minimum atomic E-state index is -0.636. The van der Waals surface area contributed by atoms with E-state index in [1.165, 1.54) is 18.2 Å². The molecule has 1 unspecified atom stereocenters. The summed E-state index contributed by atoms with van der Waals surface area (Å²) in [5.74, 6) is -1.01. The lowest BCUT2D eigenvalue weighted by Crippen LogP contribution is -1.97. The lowest BCUT2D eigenvalue weighted by atomic mass is 10.0. The maximum absolute atomic E-state index is 12.6. The van der Waals surface area contributed by atoms with E-state index in [1.54, 1.807) is 0 Å². The highest BCUT2D eigenvalue weighted by atomic mass is 35.5. The molecule has 3 heteroatoms. The van der Waals surface area contributed by atoms with Gasteiger partial charge in [0.05, 0.1) is 6.67 Å². The van der Waals surface area contributed by atoms with E-state index < -0.39 is 18.4 Å². The molecule has 1 radical (unpaired) electrons. The van der Waals surface area contributed by atoms with E-state index in [4.69, 9.17) is 11.6 Å². The standard InChI is InChI=1S/C9H8ClF2/c1-6(5-11)8-4-7(12)2-3-9(8)10/h2-4,6H,1,5H2. The summed E-state index contributed by atoms with van der Waals surface area (Å²) < 4.78 is 24.8. The zero-order chi connectivity index (χ0) is 9.14. The molecule has 0 aliphatic rings. The van der Waals surface area contributed by atoms with E-state index in [2.05, 4.69) is 6.92 Å². The van der Waals surface area contributed by atoms with Gasteiger partial charge in [-0.25, -0.2) is 4.39 Å². The first-order chi connectivity index (χ1) is 5.65. The molecule has 0 aliphatic carbocycles. The van der Waals surface area contributed by atoms with Crippen LogP contribution < -0.4 is 0 Å². The van der Waals surface area contributed by atoms with Crippen LogP contribution in [0.5, 0.6) is 0 Å². The monoisotopic (exact) mass is 189 g/mol. The molecule has 0 aliphatic heterocycles. The second-order valence-corrected chi connectivity index (χ2v) is 2.92. The molecule has 0 amide bonds. The molecular formula is C9H8ClF2. The van der Waals surface area contributed by atoms with Crippen LogP contribution in [0.1, 0.15) is 11.5 Å². The average Bonchev–Trinajstić information content (AvgIpc) is 2.08. The lowest BCUT2D eigenvalue weighted by Gasteiger charge is -2.08. The molecule has 0 heterocycles. The summed E-state index contributed by atoms with van der Waals surface area (Å²) in [6, 6.07) is 3.84. The van der Waals surface area contributed by atoms with Crippen molar-refractivity contribution in [3.05, 3.63) is 41.5 Å². The van der Waals surface area contributed by atoms with Crippen molar-refractivity contribution in [1.82, 2.24) is 0 Å². The molecule has 0 nitrogen and oxygen atoms in total. The van der Waals surface area contributed by atoms with Crippen molar-refractivity contribution in [1.29, 1.82) is 0 Å². The molecule has 1 atom stereocenters. The third kappa shape index (κ3) is 1.95. The Hall–Kier alpha value is -0.630. The van der Waals surface area contributed by atoms with E-state index in [9.17, 15) is 8.78 Å². The van der Waals surface area contributed by atoms with Crippen molar-refractivity contribution in [2.24, 2.45) is 0 Å². The molecule has 0 bridgehead atoms. The summed E-state index contributed by atoms with van der Waals surface area (Å²) in [6.45, 7) is 2.87. The quantitative estimate of drug-likeness (QED) is 0.669. The molecule has 1 aromatic carbocycles. The van der Waals surface area contributed by atoms with Gasteiger partial charge in [-0.05, 0) is 30.7 Å². The molecule has 0 fully saturated rings. The lowest BCUT2D eigenvalue weighted by molar-refractivity contribution is 0.464. The molecule has 0 saturated carbocycles. The van der Waals surface area contributed by atoms with Crippen LogP contribution in [0.15, 0.2) is 18.2 Å². The van der Waals surface area contributed by atoms with E-state index in [1.807, 2.05) is 0 Å². The zero-order valence-electron chi connectivity index (χ0n) is 6.36. The van der Waals surface area contributed by atoms with Crippen LogP contribution in [-0.2, 0) is 0 Å². The topological polar surface area (TPSA) is 0 Å². The number of alkyl halides is 1. The minimum Gasteiger partial charge on any atom is -0.250 e. The first-order valence-corrected chi connectivity index (χ1v) is 3.87. The van der Waals surface area contributed by atoms with Gasteiger partial charge in [0, 0.05) is 10.9 Å². The Balaban J connectivity index is 3.04. The molecular weight excluding hydrogens is 182 g/mol. The van der Waals surface area contributed by atoms with Gasteiger partial charge in [-0.2, -0.15) is 0 Å². The normalized spacial score (nSPS) is 13.0. The third-order valence-electron chi connectivity index (χ3n) is 1.58. The number of hydrogen-bond donors (Lipinski definition) is 0. The first kappa shape index (κ1) is 9.46. The highest BCUT2D eigenvalue weighted by molar-refractivity contribution is 6.31. The predicted octanol–water partition coefficient (Wildman–Crippen LogP) is 3.37. The second-order valence-electron chi connectivity index (χ2n) is 2.52. The maximum Gasteiger partial charge on any atom is 0.123 e. The Morgan fingerprint density at radius 2 is 2.17 bits per heavy atom. The van der Waals surface area contributed by atoms with Crippen molar-refractivity contribution in [3.63, 3.8) is 0 Å². The molecule has 1 aromatic rings. The van der Waals surface area contributed by atoms with Crippen molar-refractivity contribution in [2.45, 2.75) is 5.92 Å². The zero-order valence-corrected chi connectivity index (χ0v) is 7.11. The maximum atomic E-state index is 12.6. The number of halogens is 3. The van der Waals surface area contributed by atoms with Crippen molar-refractivity contribution < 1.29 is 8.78 Å². The Kier molecular flexibility index (Phi) is 3.04. The fourth-order valence-corrected chi connectivity index (χ4v) is 1.18. The van der Waals surface area contributed by atoms with Crippen LogP contribution in [0.4, 0.5) is 8.78 Å². The van der Waals surface area contributed by atoms with Gasteiger partial charge in [0.2, 0.25) is 0 Å². The van der Waals surface area contributed by atoms with Crippen LogP contribution in [-0.4, -0.2) is 6.67 Å². The highest BCUT2D eigenvalue weighted by Crippen LogP contribution is 2.25. The Morgan fingerprint density at radius 3 is 2.75 bits per heavy atom. The van der Waals surface area contributed by atoms with Gasteiger partial charge in [-0.1, -0.05) is 11.6 Å². The summed E-state index contributed by atoms with van der Waals surface area (Å²) in [5.41, 5.74) is 0.416. The largest absolute Gasteiger partial charge is 0.250 e. The number of rotatable bonds is 2. The SMILES string of the molecule is [CH2]C(CF)c1cc(F)ccc1Cl. The Bertz CT molecular complexity index is 273. The fourth-order valence-electron chi connectivity index (χ4n) is 0.911. The van der Waals surface area contributed by atoms with Gasteiger partial charge in [0.25, 0.3) is 0 Å². The van der Waals surface area contributed by atoms with E-state index in [0.29, 0.717) is 10.6 Å². The summed E-state index contributed by atoms with van der Waals surface area (Å²) in [4.78, 5) is 0. The first-order valence-electron chi connectivity index (χ1n) is 3.49. The molecule has 1 rings (SSSR count). The van der Waals surface area contributed by atoms with E-state index in [0.717, 1.165) is 0 Å². The number of benzene rings is 1. The van der Waals surface area contributed by atoms with Crippen LogP contribution in [0.2, 0.25) is 5.02 Å². The van der Waals surface area contributed by atoms with E-state index >= 15 is 0 Å². The van der Waals surface area contributed by atoms with Crippen LogP contribution in [0, 0.1) is 12.7 Å². The highest BCUT2D eigenvalue weighted by Gasteiger charge is 2.09. The molecule has 0 saturated heterocycles. The number of hydrogen-bond acceptors (Lipinski definition) is 0. The molecule has 0 N–H and O–H groups in total. The smallest absolute Gasteiger partial charge is 0.123 e. The molecule has 12 heavy (non-hydrogen) atoms. The second kappa shape index (κ2) is 3.85. The fraction of sp³-hybridized carbons (Fsp3) is 0.222. The van der Waals surface area contributed by atoms with E-state index in [-0.39, 0.29) is 0 Å². The van der Waals surface area contributed by atoms with Gasteiger partial charge in [-0.3, -0.25) is 4.39 Å².